The summed E-state index contributed by atoms with van der Waals surface area (Å²) in [5, 5.41) is 3.81. The molecule has 5 nitrogen and oxygen atoms in total. The number of hydrogen-bond acceptors (Lipinski definition) is 3. The summed E-state index contributed by atoms with van der Waals surface area (Å²) in [7, 11) is 0. The molecule has 0 heterocycles. The normalized spacial score (nSPS) is 11.1. The van der Waals surface area contributed by atoms with E-state index >= 15 is 0 Å². The van der Waals surface area contributed by atoms with E-state index in [9.17, 15) is 9.59 Å². The largest absolute Gasteiger partial charge is 0.361 e. The highest BCUT2D eigenvalue weighted by molar-refractivity contribution is 6.34. The van der Waals surface area contributed by atoms with Gasteiger partial charge in [0.15, 0.2) is 0 Å². The summed E-state index contributed by atoms with van der Waals surface area (Å²) in [5.41, 5.74) is 9.65. The Morgan fingerprint density at radius 1 is 1.28 bits per heavy atom. The predicted octanol–water partition coefficient (Wildman–Crippen LogP) is 0.965. The van der Waals surface area contributed by atoms with E-state index in [4.69, 9.17) is 5.73 Å². The van der Waals surface area contributed by atoms with E-state index in [1.807, 2.05) is 24.3 Å². The molecule has 1 aromatic rings. The number of primary amides is 1. The molecular formula is C13H17N3O2. The van der Waals surface area contributed by atoms with Crippen molar-refractivity contribution >= 4 is 17.5 Å². The van der Waals surface area contributed by atoms with Gasteiger partial charge in [0.1, 0.15) is 0 Å². The molecule has 0 aromatic heterocycles. The van der Waals surface area contributed by atoms with E-state index in [-0.39, 0.29) is 0 Å². The summed E-state index contributed by atoms with van der Waals surface area (Å²) in [5.74, 6) is -1.97. The summed E-state index contributed by atoms with van der Waals surface area (Å²) in [4.78, 5) is 21.4. The molecular weight excluding hydrogens is 230 g/mol. The van der Waals surface area contributed by atoms with Crippen LogP contribution in [0.2, 0.25) is 0 Å². The van der Waals surface area contributed by atoms with Crippen LogP contribution < -0.4 is 11.2 Å². The molecule has 0 unspecified atom stereocenters. The lowest BCUT2D eigenvalue weighted by Gasteiger charge is -2.03. The van der Waals surface area contributed by atoms with Crippen LogP contribution in [0.15, 0.2) is 29.4 Å². The van der Waals surface area contributed by atoms with Gasteiger partial charge in [0.05, 0.1) is 5.71 Å². The first-order valence-corrected chi connectivity index (χ1v) is 5.78. The van der Waals surface area contributed by atoms with Crippen LogP contribution in [0.25, 0.3) is 0 Å². The highest BCUT2D eigenvalue weighted by Crippen LogP contribution is 2.07. The van der Waals surface area contributed by atoms with E-state index in [0.29, 0.717) is 5.71 Å². The lowest BCUT2D eigenvalue weighted by molar-refractivity contribution is -0.137. The van der Waals surface area contributed by atoms with Gasteiger partial charge in [-0.2, -0.15) is 5.10 Å². The number of aryl methyl sites for hydroxylation is 1. The second-order valence-electron chi connectivity index (χ2n) is 3.95. The van der Waals surface area contributed by atoms with Crippen LogP contribution in [0.1, 0.15) is 31.4 Å². The van der Waals surface area contributed by atoms with Gasteiger partial charge in [-0.25, -0.2) is 5.43 Å². The van der Waals surface area contributed by atoms with Gasteiger partial charge in [-0.3, -0.25) is 9.59 Å². The third-order valence-corrected chi connectivity index (χ3v) is 2.46. The highest BCUT2D eigenvalue weighted by atomic mass is 16.2. The average molecular weight is 247 g/mol. The summed E-state index contributed by atoms with van der Waals surface area (Å²) in [6, 6.07) is 7.90. The van der Waals surface area contributed by atoms with Gasteiger partial charge in [0.25, 0.3) is 0 Å². The number of carbonyl (C=O) groups is 2. The number of carbonyl (C=O) groups excluding carboxylic acids is 2. The second kappa shape index (κ2) is 6.54. The first kappa shape index (κ1) is 13.9. The lowest BCUT2D eigenvalue weighted by Crippen LogP contribution is -2.33. The standard InChI is InChI=1S/C13H17N3O2/c1-3-4-10-5-7-11(8-6-10)9(2)15-16-13(18)12(14)17/h5-8H,3-4H2,1-2H3,(H2,14,17)(H,16,18). The number of nitrogens with two attached hydrogens (primary N) is 1. The van der Waals surface area contributed by atoms with Crippen molar-refractivity contribution in [3.05, 3.63) is 35.4 Å². The van der Waals surface area contributed by atoms with Crippen molar-refractivity contribution in [3.8, 4) is 0 Å². The van der Waals surface area contributed by atoms with Crippen molar-refractivity contribution in [2.24, 2.45) is 10.8 Å². The SMILES string of the molecule is CCCc1ccc(C(C)=NNC(=O)C(N)=O)cc1. The van der Waals surface area contributed by atoms with Crippen LogP contribution in [0, 0.1) is 0 Å². The molecule has 0 spiro atoms. The smallest absolute Gasteiger partial charge is 0.329 e. The molecule has 2 amide bonds. The van der Waals surface area contributed by atoms with Gasteiger partial charge in [0, 0.05) is 0 Å². The van der Waals surface area contributed by atoms with Gasteiger partial charge in [-0.15, -0.1) is 0 Å². The number of amides is 2. The zero-order chi connectivity index (χ0) is 13.5. The second-order valence-corrected chi connectivity index (χ2v) is 3.95. The van der Waals surface area contributed by atoms with Crippen molar-refractivity contribution < 1.29 is 9.59 Å². The molecule has 0 atom stereocenters. The average Bonchev–Trinajstić information content (AvgIpc) is 2.36. The van der Waals surface area contributed by atoms with Crippen LogP contribution in [-0.4, -0.2) is 17.5 Å². The third-order valence-electron chi connectivity index (χ3n) is 2.46. The van der Waals surface area contributed by atoms with E-state index in [2.05, 4.69) is 17.5 Å². The molecule has 96 valence electrons. The van der Waals surface area contributed by atoms with Gasteiger partial charge >= 0.3 is 11.8 Å². The van der Waals surface area contributed by atoms with Crippen molar-refractivity contribution in [2.45, 2.75) is 26.7 Å². The van der Waals surface area contributed by atoms with E-state index < -0.39 is 11.8 Å². The maximum Gasteiger partial charge on any atom is 0.329 e. The molecule has 0 saturated carbocycles. The molecule has 18 heavy (non-hydrogen) atoms. The number of hydrogen-bond donors (Lipinski definition) is 2. The molecule has 0 aliphatic carbocycles. The zero-order valence-electron chi connectivity index (χ0n) is 10.6. The van der Waals surface area contributed by atoms with Crippen LogP contribution >= 0.6 is 0 Å². The van der Waals surface area contributed by atoms with Gasteiger partial charge in [-0.05, 0) is 24.5 Å². The van der Waals surface area contributed by atoms with Crippen molar-refractivity contribution in [2.75, 3.05) is 0 Å². The van der Waals surface area contributed by atoms with E-state index in [0.717, 1.165) is 18.4 Å². The molecule has 0 radical (unpaired) electrons. The predicted molar refractivity (Wildman–Crippen MR) is 70.0 cm³/mol. The number of benzene rings is 1. The number of rotatable bonds is 4. The fourth-order valence-corrected chi connectivity index (χ4v) is 1.46. The summed E-state index contributed by atoms with van der Waals surface area (Å²) >= 11 is 0. The molecule has 0 aliphatic heterocycles. The quantitative estimate of drug-likeness (QED) is 0.472. The molecule has 0 bridgehead atoms. The van der Waals surface area contributed by atoms with Crippen LogP contribution in [0.4, 0.5) is 0 Å². The van der Waals surface area contributed by atoms with Gasteiger partial charge in [-0.1, -0.05) is 37.6 Å². The minimum Gasteiger partial charge on any atom is -0.361 e. The number of nitrogens with zero attached hydrogens (tertiary/aromatic N) is 1. The van der Waals surface area contributed by atoms with Crippen LogP contribution in [0.5, 0.6) is 0 Å². The molecule has 0 aliphatic rings. The summed E-state index contributed by atoms with van der Waals surface area (Å²) < 4.78 is 0. The van der Waals surface area contributed by atoms with Crippen LogP contribution in [0.3, 0.4) is 0 Å². The zero-order valence-corrected chi connectivity index (χ0v) is 10.6. The highest BCUT2D eigenvalue weighted by Gasteiger charge is 2.06. The fraction of sp³-hybridized carbons (Fsp3) is 0.308. The third kappa shape index (κ3) is 4.01. The Bertz CT molecular complexity index is 464. The Balaban J connectivity index is 2.71. The Hall–Kier alpha value is -2.17. The van der Waals surface area contributed by atoms with Crippen molar-refractivity contribution in [1.82, 2.24) is 5.43 Å². The Kier molecular flexibility index (Phi) is 5.05. The van der Waals surface area contributed by atoms with Crippen LogP contribution in [-0.2, 0) is 16.0 Å². The first-order chi connectivity index (χ1) is 8.54. The Morgan fingerprint density at radius 2 is 1.89 bits per heavy atom. The molecule has 0 fully saturated rings. The minimum absolute atomic E-state index is 0.618. The van der Waals surface area contributed by atoms with Gasteiger partial charge < -0.3 is 5.73 Å². The molecule has 3 N–H and O–H groups in total. The lowest BCUT2D eigenvalue weighted by atomic mass is 10.1. The first-order valence-electron chi connectivity index (χ1n) is 5.78. The van der Waals surface area contributed by atoms with Gasteiger partial charge in [0.2, 0.25) is 0 Å². The molecule has 1 aromatic carbocycles. The maximum absolute atomic E-state index is 10.9. The van der Waals surface area contributed by atoms with Crippen molar-refractivity contribution in [1.29, 1.82) is 0 Å². The Morgan fingerprint density at radius 3 is 2.39 bits per heavy atom. The number of nitrogens with one attached hydrogen (secondary N) is 1. The maximum atomic E-state index is 10.9. The monoisotopic (exact) mass is 247 g/mol. The molecule has 0 saturated heterocycles. The minimum atomic E-state index is -1.05. The van der Waals surface area contributed by atoms with Crippen molar-refractivity contribution in [3.63, 3.8) is 0 Å². The molecule has 5 heteroatoms. The van der Waals surface area contributed by atoms with E-state index in [1.54, 1.807) is 6.92 Å². The summed E-state index contributed by atoms with van der Waals surface area (Å²) in [6.45, 7) is 3.87. The number of hydrazone groups is 1. The molecule has 1 rings (SSSR count). The van der Waals surface area contributed by atoms with E-state index in [1.165, 1.54) is 5.56 Å². The Labute approximate surface area is 106 Å². The topological polar surface area (TPSA) is 84.6 Å². The fourth-order valence-electron chi connectivity index (χ4n) is 1.46. The summed E-state index contributed by atoms with van der Waals surface area (Å²) in [6.07, 6.45) is 2.13.